The second-order valence-corrected chi connectivity index (χ2v) is 5.44. The quantitative estimate of drug-likeness (QED) is 0.877. The average molecular weight is 265 g/mol. The van der Waals surface area contributed by atoms with Crippen LogP contribution < -0.4 is 5.32 Å². The van der Waals surface area contributed by atoms with E-state index in [2.05, 4.69) is 5.32 Å². The first-order valence-electron chi connectivity index (χ1n) is 5.89. The Morgan fingerprint density at radius 2 is 1.78 bits per heavy atom. The molecule has 1 amide bonds. The van der Waals surface area contributed by atoms with E-state index in [9.17, 15) is 9.59 Å². The van der Waals surface area contributed by atoms with Crippen molar-refractivity contribution in [1.82, 2.24) is 5.32 Å². The lowest BCUT2D eigenvalue weighted by Gasteiger charge is -2.22. The maximum absolute atomic E-state index is 12.1. The molecule has 1 fully saturated rings. The highest BCUT2D eigenvalue weighted by atomic mass is 32.2. The number of amides is 1. The first-order valence-corrected chi connectivity index (χ1v) is 7.05. The highest BCUT2D eigenvalue weighted by Crippen LogP contribution is 2.18. The van der Waals surface area contributed by atoms with E-state index in [1.54, 1.807) is 18.2 Å². The summed E-state index contributed by atoms with van der Waals surface area (Å²) in [5.74, 6) is 0.738. The number of benzene rings is 1. The van der Waals surface area contributed by atoms with Gasteiger partial charge in [0.05, 0.1) is 11.1 Å². The van der Waals surface area contributed by atoms with Crippen LogP contribution in [0.25, 0.3) is 0 Å². The summed E-state index contributed by atoms with van der Waals surface area (Å²) in [7, 11) is 0. The fourth-order valence-electron chi connectivity index (χ4n) is 1.97. The van der Waals surface area contributed by atoms with Gasteiger partial charge in [-0.05, 0) is 36.5 Å². The van der Waals surface area contributed by atoms with Gasteiger partial charge in [0.15, 0.2) is 0 Å². The van der Waals surface area contributed by atoms with Gasteiger partial charge in [-0.3, -0.25) is 4.79 Å². The highest BCUT2D eigenvalue weighted by Gasteiger charge is 2.20. The molecule has 0 aromatic heterocycles. The molecule has 0 unspecified atom stereocenters. The van der Waals surface area contributed by atoms with Gasteiger partial charge < -0.3 is 10.4 Å². The van der Waals surface area contributed by atoms with E-state index >= 15 is 0 Å². The number of rotatable bonds is 3. The number of carboxylic acid groups (broad SMARTS) is 1. The first-order chi connectivity index (χ1) is 8.68. The molecule has 1 heterocycles. The zero-order valence-electron chi connectivity index (χ0n) is 9.89. The standard InChI is InChI=1S/C13H15NO3S/c15-12(14-9-5-7-18-8-6-9)10-3-1-2-4-11(10)13(16)17/h1-4,9H,5-8H2,(H,14,15)(H,16,17). The Kier molecular flexibility index (Phi) is 4.25. The van der Waals surface area contributed by atoms with Crippen molar-refractivity contribution >= 4 is 23.6 Å². The van der Waals surface area contributed by atoms with Crippen molar-refractivity contribution in [3.05, 3.63) is 35.4 Å². The summed E-state index contributed by atoms with van der Waals surface area (Å²) in [5.41, 5.74) is 0.295. The summed E-state index contributed by atoms with van der Waals surface area (Å²) in [6.45, 7) is 0. The van der Waals surface area contributed by atoms with E-state index < -0.39 is 5.97 Å². The Bertz CT molecular complexity index is 455. The van der Waals surface area contributed by atoms with Gasteiger partial charge in [-0.15, -0.1) is 0 Å². The Morgan fingerprint density at radius 3 is 2.39 bits per heavy atom. The second kappa shape index (κ2) is 5.91. The minimum Gasteiger partial charge on any atom is -0.478 e. The van der Waals surface area contributed by atoms with Gasteiger partial charge in [0, 0.05) is 6.04 Å². The summed E-state index contributed by atoms with van der Waals surface area (Å²) in [6, 6.07) is 6.47. The lowest BCUT2D eigenvalue weighted by molar-refractivity contribution is 0.0690. The molecule has 5 heteroatoms. The van der Waals surface area contributed by atoms with E-state index in [0.717, 1.165) is 24.3 Å². The minimum absolute atomic E-state index is 0.0557. The zero-order valence-corrected chi connectivity index (χ0v) is 10.7. The number of carbonyl (C=O) groups excluding carboxylic acids is 1. The molecule has 18 heavy (non-hydrogen) atoms. The third kappa shape index (κ3) is 3.04. The van der Waals surface area contributed by atoms with Gasteiger partial charge in [-0.25, -0.2) is 4.79 Å². The topological polar surface area (TPSA) is 66.4 Å². The van der Waals surface area contributed by atoms with Crippen LogP contribution in [0.3, 0.4) is 0 Å². The van der Waals surface area contributed by atoms with E-state index in [1.165, 1.54) is 6.07 Å². The Hall–Kier alpha value is -1.49. The summed E-state index contributed by atoms with van der Waals surface area (Å²) in [6.07, 6.45) is 1.90. The molecule has 96 valence electrons. The van der Waals surface area contributed by atoms with Crippen LogP contribution in [-0.4, -0.2) is 34.5 Å². The smallest absolute Gasteiger partial charge is 0.336 e. The molecule has 0 radical (unpaired) electrons. The van der Waals surface area contributed by atoms with Gasteiger partial charge in [-0.1, -0.05) is 12.1 Å². The predicted octanol–water partition coefficient (Wildman–Crippen LogP) is 2.01. The van der Waals surface area contributed by atoms with Crippen LogP contribution >= 0.6 is 11.8 Å². The molecule has 1 aliphatic heterocycles. The molecule has 1 aliphatic rings. The van der Waals surface area contributed by atoms with Crippen LogP contribution in [-0.2, 0) is 0 Å². The number of hydrogen-bond donors (Lipinski definition) is 2. The molecule has 1 aromatic rings. The molecule has 1 aromatic carbocycles. The van der Waals surface area contributed by atoms with E-state index in [1.807, 2.05) is 11.8 Å². The average Bonchev–Trinajstić information content (AvgIpc) is 2.40. The van der Waals surface area contributed by atoms with Crippen molar-refractivity contribution < 1.29 is 14.7 Å². The Labute approximate surface area is 110 Å². The molecule has 2 rings (SSSR count). The number of carboxylic acids is 1. The SMILES string of the molecule is O=C(O)c1ccccc1C(=O)NC1CCSCC1. The summed E-state index contributed by atoms with van der Waals surface area (Å²) in [4.78, 5) is 23.1. The number of aromatic carboxylic acids is 1. The maximum atomic E-state index is 12.1. The monoisotopic (exact) mass is 265 g/mol. The van der Waals surface area contributed by atoms with Crippen LogP contribution in [0.15, 0.2) is 24.3 Å². The van der Waals surface area contributed by atoms with Gasteiger partial charge in [0.25, 0.3) is 5.91 Å². The summed E-state index contributed by atoms with van der Waals surface area (Å²) >= 11 is 1.88. The molecular formula is C13H15NO3S. The second-order valence-electron chi connectivity index (χ2n) is 4.21. The van der Waals surface area contributed by atoms with Crippen molar-refractivity contribution in [2.75, 3.05) is 11.5 Å². The number of thioether (sulfide) groups is 1. The van der Waals surface area contributed by atoms with E-state index in [0.29, 0.717) is 0 Å². The predicted molar refractivity (Wildman–Crippen MR) is 71.2 cm³/mol. The van der Waals surface area contributed by atoms with Crippen molar-refractivity contribution in [1.29, 1.82) is 0 Å². The number of carbonyl (C=O) groups is 2. The van der Waals surface area contributed by atoms with Crippen molar-refractivity contribution in [2.45, 2.75) is 18.9 Å². The number of hydrogen-bond acceptors (Lipinski definition) is 3. The number of nitrogens with one attached hydrogen (secondary N) is 1. The Morgan fingerprint density at radius 1 is 1.17 bits per heavy atom. The van der Waals surface area contributed by atoms with Gasteiger partial charge >= 0.3 is 5.97 Å². The zero-order chi connectivity index (χ0) is 13.0. The summed E-state index contributed by atoms with van der Waals surface area (Å²) in [5, 5.41) is 12.0. The van der Waals surface area contributed by atoms with Crippen molar-refractivity contribution in [2.24, 2.45) is 0 Å². The lowest BCUT2D eigenvalue weighted by Crippen LogP contribution is -2.37. The molecule has 1 saturated heterocycles. The normalized spacial score (nSPS) is 16.2. The van der Waals surface area contributed by atoms with Gasteiger partial charge in [-0.2, -0.15) is 11.8 Å². The fourth-order valence-corrected chi connectivity index (χ4v) is 3.08. The van der Waals surface area contributed by atoms with Crippen LogP contribution in [0.4, 0.5) is 0 Å². The van der Waals surface area contributed by atoms with Crippen LogP contribution in [0.2, 0.25) is 0 Å². The van der Waals surface area contributed by atoms with Crippen molar-refractivity contribution in [3.8, 4) is 0 Å². The maximum Gasteiger partial charge on any atom is 0.336 e. The lowest BCUT2D eigenvalue weighted by atomic mass is 10.1. The van der Waals surface area contributed by atoms with Gasteiger partial charge in [0.1, 0.15) is 0 Å². The minimum atomic E-state index is -1.07. The molecule has 0 bridgehead atoms. The van der Waals surface area contributed by atoms with E-state index in [-0.39, 0.29) is 23.1 Å². The fraction of sp³-hybridized carbons (Fsp3) is 0.385. The largest absolute Gasteiger partial charge is 0.478 e. The molecule has 2 N–H and O–H groups in total. The van der Waals surface area contributed by atoms with Crippen LogP contribution in [0.5, 0.6) is 0 Å². The van der Waals surface area contributed by atoms with Gasteiger partial charge in [0.2, 0.25) is 0 Å². The van der Waals surface area contributed by atoms with E-state index in [4.69, 9.17) is 5.11 Å². The molecular weight excluding hydrogens is 250 g/mol. The van der Waals surface area contributed by atoms with Crippen LogP contribution in [0.1, 0.15) is 33.6 Å². The Balaban J connectivity index is 2.10. The first kappa shape index (κ1) is 13.0. The molecule has 0 spiro atoms. The van der Waals surface area contributed by atoms with Crippen LogP contribution in [0, 0.1) is 0 Å². The highest BCUT2D eigenvalue weighted by molar-refractivity contribution is 7.99. The van der Waals surface area contributed by atoms with Crippen molar-refractivity contribution in [3.63, 3.8) is 0 Å². The molecule has 0 atom stereocenters. The third-order valence-corrected chi connectivity index (χ3v) is 4.01. The molecule has 0 aliphatic carbocycles. The third-order valence-electron chi connectivity index (χ3n) is 2.96. The summed E-state index contributed by atoms with van der Waals surface area (Å²) < 4.78 is 0. The molecule has 4 nitrogen and oxygen atoms in total. The molecule has 0 saturated carbocycles.